The third kappa shape index (κ3) is 9.99. The first-order valence-electron chi connectivity index (χ1n) is 15.6. The molecule has 1 heterocycles. The van der Waals surface area contributed by atoms with Gasteiger partial charge in [-0.3, -0.25) is 0 Å². The lowest BCUT2D eigenvalue weighted by Crippen LogP contribution is -2.37. The summed E-state index contributed by atoms with van der Waals surface area (Å²) in [5, 5.41) is 0. The zero-order chi connectivity index (χ0) is 29.2. The number of hydrogen-bond acceptors (Lipinski definition) is 6. The van der Waals surface area contributed by atoms with Gasteiger partial charge >= 0.3 is 0 Å². The van der Waals surface area contributed by atoms with Crippen molar-refractivity contribution in [2.45, 2.75) is 109 Å². The molecular weight excluding hydrogens is 502 g/mol. The van der Waals surface area contributed by atoms with Gasteiger partial charge in [-0.15, -0.1) is 0 Å². The molecule has 2 aromatic rings. The number of aryl methyl sites for hydroxylation is 1. The summed E-state index contributed by atoms with van der Waals surface area (Å²) in [6, 6.07) is 4.07. The van der Waals surface area contributed by atoms with Crippen LogP contribution in [-0.4, -0.2) is 63.0 Å². The molecule has 0 radical (unpaired) electrons. The highest BCUT2D eigenvalue weighted by molar-refractivity contribution is 5.56. The molecule has 0 aliphatic rings. The SMILES string of the molecule is CCCCCCCCCCCCn1ccnc1C(CCCC)(OCCN(C)C)c1cc(OC)c(OC)c(OC)c1. The molecule has 0 fully saturated rings. The molecule has 0 spiro atoms. The van der Waals surface area contributed by atoms with E-state index in [0.717, 1.165) is 50.2 Å². The zero-order valence-corrected chi connectivity index (χ0v) is 26.6. The minimum Gasteiger partial charge on any atom is -0.493 e. The summed E-state index contributed by atoms with van der Waals surface area (Å²) in [4.78, 5) is 7.09. The van der Waals surface area contributed by atoms with Gasteiger partial charge in [-0.2, -0.15) is 0 Å². The summed E-state index contributed by atoms with van der Waals surface area (Å²) >= 11 is 0. The molecule has 0 saturated heterocycles. The number of benzene rings is 1. The average Bonchev–Trinajstić information content (AvgIpc) is 3.43. The Kier molecular flexibility index (Phi) is 16.1. The lowest BCUT2D eigenvalue weighted by molar-refractivity contribution is -0.0399. The van der Waals surface area contributed by atoms with E-state index in [1.165, 1.54) is 57.8 Å². The molecule has 0 amide bonds. The molecule has 1 aromatic heterocycles. The lowest BCUT2D eigenvalue weighted by Gasteiger charge is -2.35. The zero-order valence-electron chi connectivity index (χ0n) is 26.6. The molecule has 0 saturated carbocycles. The normalized spacial score (nSPS) is 13.0. The maximum atomic E-state index is 6.91. The van der Waals surface area contributed by atoms with E-state index in [2.05, 4.69) is 43.6 Å². The average molecular weight is 560 g/mol. The van der Waals surface area contributed by atoms with E-state index in [1.54, 1.807) is 21.3 Å². The Bertz CT molecular complexity index is 921. The van der Waals surface area contributed by atoms with Crippen LogP contribution in [0.1, 0.15) is 109 Å². The molecule has 0 N–H and O–H groups in total. The summed E-state index contributed by atoms with van der Waals surface area (Å²) in [5.41, 5.74) is 0.241. The molecule has 1 unspecified atom stereocenters. The largest absolute Gasteiger partial charge is 0.493 e. The van der Waals surface area contributed by atoms with Crippen LogP contribution >= 0.6 is 0 Å². The number of imidazole rings is 1. The molecule has 228 valence electrons. The van der Waals surface area contributed by atoms with Crippen LogP contribution < -0.4 is 14.2 Å². The number of hydrogen-bond donors (Lipinski definition) is 0. The molecule has 0 aliphatic heterocycles. The van der Waals surface area contributed by atoms with E-state index in [9.17, 15) is 0 Å². The van der Waals surface area contributed by atoms with E-state index < -0.39 is 5.60 Å². The summed E-state index contributed by atoms with van der Waals surface area (Å²) < 4.78 is 26.4. The third-order valence-corrected chi connectivity index (χ3v) is 7.73. The van der Waals surface area contributed by atoms with Crippen LogP contribution in [0.25, 0.3) is 0 Å². The summed E-state index contributed by atoms with van der Waals surface area (Å²) in [5.74, 6) is 2.79. The Balaban J connectivity index is 2.31. The van der Waals surface area contributed by atoms with Crippen molar-refractivity contribution < 1.29 is 18.9 Å². The third-order valence-electron chi connectivity index (χ3n) is 7.73. The predicted octanol–water partition coefficient (Wildman–Crippen LogP) is 7.84. The summed E-state index contributed by atoms with van der Waals surface area (Å²) in [7, 11) is 9.10. The van der Waals surface area contributed by atoms with E-state index >= 15 is 0 Å². The van der Waals surface area contributed by atoms with Crippen LogP contribution in [0.15, 0.2) is 24.5 Å². The van der Waals surface area contributed by atoms with E-state index in [4.69, 9.17) is 23.9 Å². The second-order valence-electron chi connectivity index (χ2n) is 11.1. The van der Waals surface area contributed by atoms with Gasteiger partial charge in [0.1, 0.15) is 5.82 Å². The molecule has 7 nitrogen and oxygen atoms in total. The molecule has 1 atom stereocenters. The van der Waals surface area contributed by atoms with Crippen LogP contribution in [0, 0.1) is 0 Å². The maximum absolute atomic E-state index is 6.91. The quantitative estimate of drug-likeness (QED) is 0.129. The number of ether oxygens (including phenoxy) is 4. The van der Waals surface area contributed by atoms with Crippen LogP contribution in [0.3, 0.4) is 0 Å². The van der Waals surface area contributed by atoms with Gasteiger partial charge in [-0.05, 0) is 44.6 Å². The second-order valence-corrected chi connectivity index (χ2v) is 11.1. The van der Waals surface area contributed by atoms with Crippen LogP contribution in [-0.2, 0) is 16.9 Å². The number of likely N-dealkylation sites (N-methyl/N-ethyl adjacent to an activating group) is 1. The fraction of sp³-hybridized carbons (Fsp3) is 0.727. The van der Waals surface area contributed by atoms with Crippen molar-refractivity contribution in [1.29, 1.82) is 0 Å². The monoisotopic (exact) mass is 559 g/mol. The van der Waals surface area contributed by atoms with Crippen molar-refractivity contribution in [3.8, 4) is 17.2 Å². The molecular formula is C33H57N3O4. The highest BCUT2D eigenvalue weighted by atomic mass is 16.5. The van der Waals surface area contributed by atoms with Crippen molar-refractivity contribution in [2.75, 3.05) is 48.6 Å². The van der Waals surface area contributed by atoms with Crippen molar-refractivity contribution in [3.63, 3.8) is 0 Å². The van der Waals surface area contributed by atoms with Gasteiger partial charge in [-0.1, -0.05) is 84.5 Å². The molecule has 2 rings (SSSR count). The first-order valence-corrected chi connectivity index (χ1v) is 15.6. The Morgan fingerprint density at radius 1 is 0.775 bits per heavy atom. The van der Waals surface area contributed by atoms with Gasteiger partial charge in [0, 0.05) is 25.5 Å². The Labute approximate surface area is 244 Å². The number of methoxy groups -OCH3 is 3. The lowest BCUT2D eigenvalue weighted by atomic mass is 9.86. The van der Waals surface area contributed by atoms with Gasteiger partial charge in [-0.25, -0.2) is 4.98 Å². The first kappa shape index (κ1) is 34.0. The Morgan fingerprint density at radius 2 is 1.35 bits per heavy atom. The van der Waals surface area contributed by atoms with Gasteiger partial charge in [0.2, 0.25) is 5.75 Å². The molecule has 40 heavy (non-hydrogen) atoms. The fourth-order valence-electron chi connectivity index (χ4n) is 5.36. The van der Waals surface area contributed by atoms with E-state index in [0.29, 0.717) is 23.9 Å². The topological polar surface area (TPSA) is 58.0 Å². The van der Waals surface area contributed by atoms with E-state index in [-0.39, 0.29) is 0 Å². The van der Waals surface area contributed by atoms with Gasteiger partial charge in [0.15, 0.2) is 17.1 Å². The smallest absolute Gasteiger partial charge is 0.203 e. The van der Waals surface area contributed by atoms with Crippen LogP contribution in [0.5, 0.6) is 17.2 Å². The number of aromatic nitrogens is 2. The number of rotatable bonds is 23. The van der Waals surface area contributed by atoms with Crippen molar-refractivity contribution in [1.82, 2.24) is 14.5 Å². The highest BCUT2D eigenvalue weighted by Gasteiger charge is 2.40. The first-order chi connectivity index (χ1) is 19.5. The number of unbranched alkanes of at least 4 members (excludes halogenated alkanes) is 10. The van der Waals surface area contributed by atoms with Crippen molar-refractivity contribution in [2.24, 2.45) is 0 Å². The minimum absolute atomic E-state index is 0.582. The molecule has 1 aromatic carbocycles. The van der Waals surface area contributed by atoms with Crippen LogP contribution in [0.4, 0.5) is 0 Å². The van der Waals surface area contributed by atoms with Crippen molar-refractivity contribution >= 4 is 0 Å². The number of nitrogens with zero attached hydrogens (tertiary/aromatic N) is 3. The minimum atomic E-state index is -0.735. The highest BCUT2D eigenvalue weighted by Crippen LogP contribution is 2.46. The summed E-state index contributed by atoms with van der Waals surface area (Å²) in [6.07, 6.45) is 20.1. The Hall–Kier alpha value is -2.25. The van der Waals surface area contributed by atoms with E-state index in [1.807, 2.05) is 18.3 Å². The fourth-order valence-corrected chi connectivity index (χ4v) is 5.36. The Morgan fingerprint density at radius 3 is 1.88 bits per heavy atom. The molecule has 0 aliphatic carbocycles. The standard InChI is InChI=1S/C33H57N3O4/c1-8-10-12-13-14-15-16-17-18-19-22-36-23-21-34-32(36)33(20-11-9-2,40-25-24-35(3)4)28-26-29(37-5)31(39-7)30(27-28)38-6/h21,23,26-27H,8-20,22,24-25H2,1-7H3. The van der Waals surface area contributed by atoms with Crippen LogP contribution in [0.2, 0.25) is 0 Å². The second kappa shape index (κ2) is 19.0. The van der Waals surface area contributed by atoms with Gasteiger partial charge in [0.25, 0.3) is 0 Å². The summed E-state index contributed by atoms with van der Waals surface area (Å²) in [6.45, 7) is 6.83. The maximum Gasteiger partial charge on any atom is 0.203 e. The van der Waals surface area contributed by atoms with Gasteiger partial charge in [0.05, 0.1) is 27.9 Å². The van der Waals surface area contributed by atoms with Crippen molar-refractivity contribution in [3.05, 3.63) is 35.9 Å². The molecule has 7 heteroatoms. The predicted molar refractivity (Wildman–Crippen MR) is 165 cm³/mol. The van der Waals surface area contributed by atoms with Gasteiger partial charge < -0.3 is 28.4 Å². The molecule has 0 bridgehead atoms.